The van der Waals surface area contributed by atoms with Gasteiger partial charge in [0.15, 0.2) is 0 Å². The van der Waals surface area contributed by atoms with Crippen LogP contribution < -0.4 is 10.6 Å². The van der Waals surface area contributed by atoms with E-state index < -0.39 is 11.0 Å². The van der Waals surface area contributed by atoms with Gasteiger partial charge in [-0.1, -0.05) is 19.0 Å². The molecular formula is C16H27N3O4. The van der Waals surface area contributed by atoms with Crippen molar-refractivity contribution in [2.45, 2.75) is 57.5 Å². The fourth-order valence-electron chi connectivity index (χ4n) is 2.42. The number of anilines is 1. The minimum Gasteiger partial charge on any atom is -0.395 e. The largest absolute Gasteiger partial charge is 0.395 e. The van der Waals surface area contributed by atoms with Crippen molar-refractivity contribution in [3.05, 3.63) is 11.8 Å². The Morgan fingerprint density at radius 1 is 1.35 bits per heavy atom. The molecule has 1 aromatic rings. The van der Waals surface area contributed by atoms with Crippen molar-refractivity contribution in [3.63, 3.8) is 0 Å². The number of amides is 1. The molecule has 7 heteroatoms. The molecule has 1 aliphatic rings. The zero-order valence-corrected chi connectivity index (χ0v) is 14.3. The maximum absolute atomic E-state index is 12.5. The van der Waals surface area contributed by atoms with Gasteiger partial charge in [0.25, 0.3) is 0 Å². The normalized spacial score (nSPS) is 17.3. The van der Waals surface area contributed by atoms with E-state index in [1.54, 1.807) is 6.07 Å². The Hall–Kier alpha value is -1.44. The van der Waals surface area contributed by atoms with Crippen molar-refractivity contribution in [2.24, 2.45) is 0 Å². The number of nitrogens with one attached hydrogen (secondary N) is 2. The number of hydrogen-bond acceptors (Lipinski definition) is 6. The molecule has 1 aliphatic heterocycles. The molecule has 1 fully saturated rings. The Labute approximate surface area is 136 Å². The predicted molar refractivity (Wildman–Crippen MR) is 86.3 cm³/mol. The number of aliphatic hydroxyl groups excluding tert-OH is 1. The molecule has 0 aliphatic carbocycles. The van der Waals surface area contributed by atoms with Crippen LogP contribution in [-0.2, 0) is 14.9 Å². The molecule has 0 spiro atoms. The van der Waals surface area contributed by atoms with Crippen molar-refractivity contribution in [2.75, 3.05) is 25.1 Å². The molecule has 130 valence electrons. The van der Waals surface area contributed by atoms with Crippen LogP contribution in [0.15, 0.2) is 10.6 Å². The minimum atomic E-state index is -0.735. The van der Waals surface area contributed by atoms with Gasteiger partial charge < -0.3 is 19.7 Å². The SMILES string of the molecule is CC(C)(NC1CCOCC1)C(=O)Nc1cc(C(C)(C)CO)no1. The van der Waals surface area contributed by atoms with Gasteiger partial charge in [-0.15, -0.1) is 0 Å². The average molecular weight is 325 g/mol. The first-order valence-corrected chi connectivity index (χ1v) is 7.99. The highest BCUT2D eigenvalue weighted by atomic mass is 16.5. The molecule has 0 radical (unpaired) electrons. The third kappa shape index (κ3) is 4.53. The predicted octanol–water partition coefficient (Wildman–Crippen LogP) is 1.43. The monoisotopic (exact) mass is 325 g/mol. The topological polar surface area (TPSA) is 96.6 Å². The summed E-state index contributed by atoms with van der Waals surface area (Å²) in [4.78, 5) is 12.5. The molecule has 0 atom stereocenters. The van der Waals surface area contributed by atoms with Crippen LogP contribution in [0.5, 0.6) is 0 Å². The van der Waals surface area contributed by atoms with Crippen LogP contribution in [0.4, 0.5) is 5.88 Å². The summed E-state index contributed by atoms with van der Waals surface area (Å²) >= 11 is 0. The Kier molecular flexibility index (Phi) is 5.44. The van der Waals surface area contributed by atoms with Gasteiger partial charge in [-0.05, 0) is 26.7 Å². The van der Waals surface area contributed by atoms with E-state index in [1.165, 1.54) is 0 Å². The van der Waals surface area contributed by atoms with Crippen LogP contribution in [0.2, 0.25) is 0 Å². The highest BCUT2D eigenvalue weighted by Crippen LogP contribution is 2.24. The Balaban J connectivity index is 1.97. The fraction of sp³-hybridized carbons (Fsp3) is 0.750. The van der Waals surface area contributed by atoms with Crippen molar-refractivity contribution in [1.82, 2.24) is 10.5 Å². The molecule has 0 aromatic carbocycles. The van der Waals surface area contributed by atoms with Crippen LogP contribution in [0.3, 0.4) is 0 Å². The van der Waals surface area contributed by atoms with Gasteiger partial charge in [0.05, 0.1) is 17.8 Å². The first kappa shape index (κ1) is 17.9. The highest BCUT2D eigenvalue weighted by molar-refractivity contribution is 5.96. The van der Waals surface area contributed by atoms with E-state index in [-0.39, 0.29) is 24.4 Å². The van der Waals surface area contributed by atoms with Gasteiger partial charge in [0.1, 0.15) is 0 Å². The van der Waals surface area contributed by atoms with Gasteiger partial charge in [0.2, 0.25) is 11.8 Å². The summed E-state index contributed by atoms with van der Waals surface area (Å²) in [7, 11) is 0. The first-order valence-electron chi connectivity index (χ1n) is 7.99. The van der Waals surface area contributed by atoms with E-state index in [4.69, 9.17) is 9.26 Å². The molecule has 7 nitrogen and oxygen atoms in total. The minimum absolute atomic E-state index is 0.0519. The summed E-state index contributed by atoms with van der Waals surface area (Å²) in [6.07, 6.45) is 1.79. The van der Waals surface area contributed by atoms with Crippen LogP contribution >= 0.6 is 0 Å². The van der Waals surface area contributed by atoms with E-state index in [1.807, 2.05) is 27.7 Å². The standard InChI is InChI=1S/C16H27N3O4/c1-15(2,10-20)12-9-13(23-19-12)17-14(21)16(3,4)18-11-5-7-22-8-6-11/h9,11,18,20H,5-8,10H2,1-4H3,(H,17,21). The number of rotatable bonds is 6. The molecule has 1 aromatic heterocycles. The summed E-state index contributed by atoms with van der Waals surface area (Å²) in [6.45, 7) is 8.78. The zero-order chi connectivity index (χ0) is 17.1. The van der Waals surface area contributed by atoms with Gasteiger partial charge in [-0.3, -0.25) is 10.1 Å². The van der Waals surface area contributed by atoms with Crippen LogP contribution in [0.25, 0.3) is 0 Å². The van der Waals surface area contributed by atoms with Crippen molar-refractivity contribution >= 4 is 11.8 Å². The number of ether oxygens (including phenoxy) is 1. The van der Waals surface area contributed by atoms with E-state index in [2.05, 4.69) is 15.8 Å². The number of aromatic nitrogens is 1. The number of hydrogen-bond donors (Lipinski definition) is 3. The molecule has 3 N–H and O–H groups in total. The smallest absolute Gasteiger partial charge is 0.246 e. The molecule has 0 bridgehead atoms. The summed E-state index contributed by atoms with van der Waals surface area (Å²) in [6, 6.07) is 1.92. The van der Waals surface area contributed by atoms with Gasteiger partial charge in [0, 0.05) is 30.7 Å². The van der Waals surface area contributed by atoms with Gasteiger partial charge in [-0.25, -0.2) is 0 Å². The lowest BCUT2D eigenvalue weighted by Gasteiger charge is -2.32. The third-order valence-corrected chi connectivity index (χ3v) is 4.19. The molecule has 0 unspecified atom stereocenters. The van der Waals surface area contributed by atoms with Crippen LogP contribution in [-0.4, -0.2) is 47.6 Å². The Bertz CT molecular complexity index is 533. The van der Waals surface area contributed by atoms with Crippen molar-refractivity contribution < 1.29 is 19.2 Å². The molecule has 2 heterocycles. The van der Waals surface area contributed by atoms with Crippen molar-refractivity contribution in [1.29, 1.82) is 0 Å². The molecular weight excluding hydrogens is 298 g/mol. The molecule has 2 rings (SSSR count). The summed E-state index contributed by atoms with van der Waals surface area (Å²) in [5, 5.41) is 19.4. The number of carbonyl (C=O) groups is 1. The molecule has 23 heavy (non-hydrogen) atoms. The lowest BCUT2D eigenvalue weighted by molar-refractivity contribution is -0.122. The van der Waals surface area contributed by atoms with E-state index in [9.17, 15) is 9.90 Å². The van der Waals surface area contributed by atoms with Gasteiger partial charge >= 0.3 is 0 Å². The number of carbonyl (C=O) groups excluding carboxylic acids is 1. The Morgan fingerprint density at radius 2 is 2.00 bits per heavy atom. The molecule has 1 amide bonds. The summed E-state index contributed by atoms with van der Waals surface area (Å²) < 4.78 is 10.5. The average Bonchev–Trinajstić information content (AvgIpc) is 2.97. The van der Waals surface area contributed by atoms with E-state index >= 15 is 0 Å². The van der Waals surface area contributed by atoms with Crippen LogP contribution in [0.1, 0.15) is 46.2 Å². The second-order valence-corrected chi connectivity index (χ2v) is 7.23. The lowest BCUT2D eigenvalue weighted by atomic mass is 9.91. The maximum Gasteiger partial charge on any atom is 0.246 e. The van der Waals surface area contributed by atoms with Gasteiger partial charge in [-0.2, -0.15) is 0 Å². The Morgan fingerprint density at radius 3 is 2.61 bits per heavy atom. The van der Waals surface area contributed by atoms with Crippen LogP contribution in [0, 0.1) is 0 Å². The summed E-state index contributed by atoms with van der Waals surface area (Å²) in [5.41, 5.74) is -0.644. The first-order chi connectivity index (χ1) is 10.7. The second kappa shape index (κ2) is 6.98. The molecule has 0 saturated carbocycles. The van der Waals surface area contributed by atoms with Crippen molar-refractivity contribution in [3.8, 4) is 0 Å². The lowest BCUT2D eigenvalue weighted by Crippen LogP contribution is -2.55. The fourth-order valence-corrected chi connectivity index (χ4v) is 2.42. The quantitative estimate of drug-likeness (QED) is 0.732. The summed E-state index contributed by atoms with van der Waals surface area (Å²) in [5.74, 6) is 0.0990. The van der Waals surface area contributed by atoms with E-state index in [0.717, 1.165) is 26.1 Å². The molecule has 1 saturated heterocycles. The second-order valence-electron chi connectivity index (χ2n) is 7.23. The maximum atomic E-state index is 12.5. The highest BCUT2D eigenvalue weighted by Gasteiger charge is 2.32. The number of aliphatic hydroxyl groups is 1. The number of nitrogens with zero attached hydrogens (tertiary/aromatic N) is 1. The van der Waals surface area contributed by atoms with E-state index in [0.29, 0.717) is 5.69 Å². The third-order valence-electron chi connectivity index (χ3n) is 4.19. The zero-order valence-electron chi connectivity index (χ0n) is 14.3.